The van der Waals surface area contributed by atoms with Crippen LogP contribution in [0, 0.1) is 5.41 Å². The number of imide groups is 2. The molecule has 2 saturated heterocycles. The Morgan fingerprint density at radius 3 is 2.64 bits per heavy atom. The van der Waals surface area contributed by atoms with Crippen molar-refractivity contribution in [2.24, 2.45) is 5.41 Å². The molecule has 0 aromatic heterocycles. The van der Waals surface area contributed by atoms with Crippen LogP contribution in [-0.4, -0.2) is 54.7 Å². The van der Waals surface area contributed by atoms with Gasteiger partial charge in [0.2, 0.25) is 11.8 Å². The molecule has 1 spiro atoms. The third-order valence-electron chi connectivity index (χ3n) is 5.07. The molecule has 3 aliphatic rings. The minimum atomic E-state index is -1.54. The van der Waals surface area contributed by atoms with Crippen LogP contribution in [0.3, 0.4) is 0 Å². The van der Waals surface area contributed by atoms with E-state index in [-0.39, 0.29) is 18.6 Å². The summed E-state index contributed by atoms with van der Waals surface area (Å²) >= 11 is 0. The summed E-state index contributed by atoms with van der Waals surface area (Å²) in [5, 5.41) is 13.5. The number of nitrogens with one attached hydrogen (secondary N) is 2. The highest BCUT2D eigenvalue weighted by atomic mass is 16.5. The number of carboxylic acids is 1. The molecule has 1 unspecified atom stereocenters. The fraction of sp³-hybridized carbons (Fsp3) is 0.375. The van der Waals surface area contributed by atoms with Gasteiger partial charge < -0.3 is 14.7 Å². The van der Waals surface area contributed by atoms with E-state index in [0.717, 1.165) is 5.69 Å². The molecule has 0 bridgehead atoms. The molecule has 1 atom stereocenters. The van der Waals surface area contributed by atoms with Crippen molar-refractivity contribution in [3.8, 4) is 0 Å². The molecule has 0 radical (unpaired) electrons. The summed E-state index contributed by atoms with van der Waals surface area (Å²) in [5.74, 6) is -2.46. The van der Waals surface area contributed by atoms with E-state index in [1.165, 1.54) is 12.1 Å². The first-order valence-electron chi connectivity index (χ1n) is 7.81. The molecule has 0 saturated carbocycles. The smallest absolute Gasteiger partial charge is 0.335 e. The van der Waals surface area contributed by atoms with Crippen molar-refractivity contribution < 1.29 is 29.0 Å². The van der Waals surface area contributed by atoms with Crippen LogP contribution < -0.4 is 15.5 Å². The number of hydrogen-bond donors (Lipinski definition) is 3. The van der Waals surface area contributed by atoms with Gasteiger partial charge in [-0.25, -0.2) is 9.59 Å². The lowest BCUT2D eigenvalue weighted by molar-refractivity contribution is -0.148. The molecule has 1 aromatic carbocycles. The number of fused-ring (bicyclic) bond motifs is 4. The number of urea groups is 1. The van der Waals surface area contributed by atoms with Crippen LogP contribution >= 0.6 is 0 Å². The minimum Gasteiger partial charge on any atom is -0.478 e. The number of carbonyl (C=O) groups is 4. The molecule has 3 aliphatic heterocycles. The van der Waals surface area contributed by atoms with Gasteiger partial charge in [-0.05, 0) is 30.2 Å². The van der Waals surface area contributed by atoms with E-state index in [9.17, 15) is 24.3 Å². The van der Waals surface area contributed by atoms with E-state index in [1.807, 2.05) is 4.90 Å². The molecule has 3 N–H and O–H groups in total. The Hall–Kier alpha value is -2.94. The van der Waals surface area contributed by atoms with Gasteiger partial charge in [-0.15, -0.1) is 0 Å². The first-order valence-corrected chi connectivity index (χ1v) is 7.81. The Kier molecular flexibility index (Phi) is 3.29. The van der Waals surface area contributed by atoms with Gasteiger partial charge in [0.05, 0.1) is 24.8 Å². The van der Waals surface area contributed by atoms with Gasteiger partial charge in [0, 0.05) is 12.2 Å². The van der Waals surface area contributed by atoms with Gasteiger partial charge in [-0.2, -0.15) is 0 Å². The predicted octanol–water partition coefficient (Wildman–Crippen LogP) is -0.501. The number of nitrogens with zero attached hydrogens (tertiary/aromatic N) is 1. The van der Waals surface area contributed by atoms with Gasteiger partial charge in [-0.3, -0.25) is 20.2 Å². The van der Waals surface area contributed by atoms with Gasteiger partial charge in [-0.1, -0.05) is 0 Å². The average molecular weight is 345 g/mol. The number of morpholine rings is 1. The van der Waals surface area contributed by atoms with Crippen molar-refractivity contribution in [2.45, 2.75) is 12.5 Å². The molecule has 2 fully saturated rings. The van der Waals surface area contributed by atoms with Crippen LogP contribution in [0.5, 0.6) is 0 Å². The highest BCUT2D eigenvalue weighted by Gasteiger charge is 2.60. The largest absolute Gasteiger partial charge is 0.478 e. The first kappa shape index (κ1) is 15.6. The Morgan fingerprint density at radius 1 is 1.24 bits per heavy atom. The summed E-state index contributed by atoms with van der Waals surface area (Å²) in [6.07, 6.45) is -0.00106. The topological polar surface area (TPSA) is 125 Å². The minimum absolute atomic E-state index is 0.00106. The van der Waals surface area contributed by atoms with Crippen LogP contribution in [0.4, 0.5) is 10.5 Å². The number of amides is 4. The van der Waals surface area contributed by atoms with Crippen molar-refractivity contribution in [1.29, 1.82) is 0 Å². The number of rotatable bonds is 1. The standard InChI is InChI=1S/C16H15N3O6/c20-12(21)8-1-2-10-9(5-8)6-16(11-7-25-4-3-19(10)11)13(22)17-15(24)18-14(16)23/h1-2,5,11H,3-4,6-7H2,(H,20,21)(H2,17,18,22,23,24). The maximum Gasteiger partial charge on any atom is 0.335 e. The molecule has 4 amide bonds. The molecule has 3 heterocycles. The average Bonchev–Trinajstić information content (AvgIpc) is 2.58. The number of carboxylic acid groups (broad SMARTS) is 1. The Labute approximate surface area is 141 Å². The second-order valence-electron chi connectivity index (χ2n) is 6.32. The van der Waals surface area contributed by atoms with Gasteiger partial charge in [0.15, 0.2) is 5.41 Å². The number of aromatic carboxylic acids is 1. The maximum absolute atomic E-state index is 12.7. The zero-order valence-electron chi connectivity index (χ0n) is 13.1. The maximum atomic E-state index is 12.7. The van der Waals surface area contributed by atoms with E-state index < -0.39 is 35.3 Å². The van der Waals surface area contributed by atoms with Crippen molar-refractivity contribution >= 4 is 29.5 Å². The van der Waals surface area contributed by atoms with Crippen molar-refractivity contribution in [3.05, 3.63) is 29.3 Å². The van der Waals surface area contributed by atoms with E-state index in [0.29, 0.717) is 18.7 Å². The highest BCUT2D eigenvalue weighted by molar-refractivity contribution is 6.20. The summed E-state index contributed by atoms with van der Waals surface area (Å²) in [6.45, 7) is 1.05. The third-order valence-corrected chi connectivity index (χ3v) is 5.07. The van der Waals surface area contributed by atoms with Gasteiger partial charge in [0.25, 0.3) is 0 Å². The second-order valence-corrected chi connectivity index (χ2v) is 6.32. The third kappa shape index (κ3) is 2.12. The van der Waals surface area contributed by atoms with E-state index in [1.54, 1.807) is 6.07 Å². The molecule has 9 heteroatoms. The second kappa shape index (κ2) is 5.28. The lowest BCUT2D eigenvalue weighted by Crippen LogP contribution is -2.73. The number of ether oxygens (including phenoxy) is 1. The molecule has 1 aromatic rings. The molecular weight excluding hydrogens is 330 g/mol. The van der Waals surface area contributed by atoms with Crippen LogP contribution in [0.1, 0.15) is 15.9 Å². The van der Waals surface area contributed by atoms with Gasteiger partial charge in [0.1, 0.15) is 0 Å². The number of benzene rings is 1. The van der Waals surface area contributed by atoms with Gasteiger partial charge >= 0.3 is 12.0 Å². The zero-order chi connectivity index (χ0) is 17.8. The van der Waals surface area contributed by atoms with Crippen molar-refractivity contribution in [3.63, 3.8) is 0 Å². The zero-order valence-corrected chi connectivity index (χ0v) is 13.1. The van der Waals surface area contributed by atoms with Crippen molar-refractivity contribution in [1.82, 2.24) is 10.6 Å². The molecule has 25 heavy (non-hydrogen) atoms. The van der Waals surface area contributed by atoms with E-state index in [2.05, 4.69) is 10.6 Å². The summed E-state index contributed by atoms with van der Waals surface area (Å²) in [5.41, 5.74) is -0.106. The molecule has 9 nitrogen and oxygen atoms in total. The van der Waals surface area contributed by atoms with Crippen LogP contribution in [-0.2, 0) is 20.7 Å². The quantitative estimate of drug-likeness (QED) is 0.586. The normalized spacial score (nSPS) is 24.2. The molecule has 0 aliphatic carbocycles. The summed E-state index contributed by atoms with van der Waals surface area (Å²) in [6, 6.07) is 3.23. The first-order chi connectivity index (χ1) is 11.9. The Bertz CT molecular complexity index is 800. The summed E-state index contributed by atoms with van der Waals surface area (Å²) < 4.78 is 5.49. The number of hydrogen-bond acceptors (Lipinski definition) is 6. The van der Waals surface area contributed by atoms with Crippen LogP contribution in [0.25, 0.3) is 0 Å². The fourth-order valence-corrected chi connectivity index (χ4v) is 3.89. The summed E-state index contributed by atoms with van der Waals surface area (Å²) in [4.78, 5) is 50.0. The molecule has 4 rings (SSSR count). The predicted molar refractivity (Wildman–Crippen MR) is 83.2 cm³/mol. The van der Waals surface area contributed by atoms with E-state index in [4.69, 9.17) is 4.74 Å². The monoisotopic (exact) mass is 345 g/mol. The van der Waals surface area contributed by atoms with E-state index >= 15 is 0 Å². The van der Waals surface area contributed by atoms with Crippen LogP contribution in [0.15, 0.2) is 18.2 Å². The number of anilines is 1. The lowest BCUT2D eigenvalue weighted by atomic mass is 9.68. The van der Waals surface area contributed by atoms with Crippen molar-refractivity contribution in [2.75, 3.05) is 24.7 Å². The molecule has 130 valence electrons. The number of carbonyl (C=O) groups excluding carboxylic acids is 3. The Balaban J connectivity index is 1.88. The lowest BCUT2D eigenvalue weighted by Gasteiger charge is -2.51. The highest BCUT2D eigenvalue weighted by Crippen LogP contribution is 2.44. The van der Waals surface area contributed by atoms with Crippen LogP contribution in [0.2, 0.25) is 0 Å². The number of barbiturate groups is 1. The SMILES string of the molecule is O=C1NC(=O)C2(Cc3cc(C(=O)O)ccc3N3CCOCC32)C(=O)N1. The Morgan fingerprint density at radius 2 is 1.96 bits per heavy atom. The molecular formula is C16H15N3O6. The fourth-order valence-electron chi connectivity index (χ4n) is 3.89. The summed E-state index contributed by atoms with van der Waals surface area (Å²) in [7, 11) is 0.